The first-order chi connectivity index (χ1) is 11.5. The summed E-state index contributed by atoms with van der Waals surface area (Å²) in [6.07, 6.45) is 1.52. The van der Waals surface area contributed by atoms with Gasteiger partial charge in [-0.2, -0.15) is 0 Å². The maximum Gasteiger partial charge on any atom is 0.356 e. The lowest BCUT2D eigenvalue weighted by Crippen LogP contribution is -2.43. The highest BCUT2D eigenvalue weighted by molar-refractivity contribution is 5.92. The van der Waals surface area contributed by atoms with E-state index in [9.17, 15) is 14.4 Å². The molecule has 1 aliphatic heterocycles. The number of esters is 1. The Morgan fingerprint density at radius 1 is 1.21 bits per heavy atom. The van der Waals surface area contributed by atoms with E-state index in [2.05, 4.69) is 10.9 Å². The molecule has 2 N–H and O–H groups in total. The Bertz CT molecular complexity index is 640. The van der Waals surface area contributed by atoms with Crippen molar-refractivity contribution in [3.05, 3.63) is 47.7 Å². The molecule has 1 aromatic rings. The van der Waals surface area contributed by atoms with Gasteiger partial charge in [0, 0.05) is 19.0 Å². The maximum absolute atomic E-state index is 12.4. The van der Waals surface area contributed by atoms with E-state index in [0.29, 0.717) is 6.54 Å². The van der Waals surface area contributed by atoms with Crippen molar-refractivity contribution in [3.63, 3.8) is 0 Å². The number of amides is 2. The second kappa shape index (κ2) is 8.14. The van der Waals surface area contributed by atoms with E-state index in [0.717, 1.165) is 5.56 Å². The number of rotatable bonds is 6. The summed E-state index contributed by atoms with van der Waals surface area (Å²) in [5.74, 6) is -1.19. The van der Waals surface area contributed by atoms with Crippen molar-refractivity contribution in [1.29, 1.82) is 0 Å². The Kier molecular flexibility index (Phi) is 5.95. The van der Waals surface area contributed by atoms with Crippen LogP contribution in [0.1, 0.15) is 25.8 Å². The van der Waals surface area contributed by atoms with Gasteiger partial charge in [0.2, 0.25) is 5.91 Å². The molecule has 0 fully saturated rings. The molecule has 0 bridgehead atoms. The van der Waals surface area contributed by atoms with E-state index in [4.69, 9.17) is 4.74 Å². The molecule has 7 heteroatoms. The number of carbonyl (C=O) groups is 3. The molecule has 0 atom stereocenters. The predicted molar refractivity (Wildman–Crippen MR) is 87.1 cm³/mol. The van der Waals surface area contributed by atoms with Crippen LogP contribution in [0.3, 0.4) is 0 Å². The number of hydrogen-bond donors (Lipinski definition) is 2. The summed E-state index contributed by atoms with van der Waals surface area (Å²) in [6.45, 7) is 3.91. The summed E-state index contributed by atoms with van der Waals surface area (Å²) >= 11 is 0. The fraction of sp³-hybridized carbons (Fsp3) is 0.353. The summed E-state index contributed by atoms with van der Waals surface area (Å²) in [6, 6.07) is 9.59. The predicted octanol–water partition coefficient (Wildman–Crippen LogP) is 0.875. The van der Waals surface area contributed by atoms with Gasteiger partial charge in [-0.1, -0.05) is 30.3 Å². The van der Waals surface area contributed by atoms with Crippen LogP contribution in [0.25, 0.3) is 0 Å². The third kappa shape index (κ3) is 4.84. The first-order valence-corrected chi connectivity index (χ1v) is 7.73. The van der Waals surface area contributed by atoms with Gasteiger partial charge in [-0.3, -0.25) is 20.4 Å². The zero-order chi connectivity index (χ0) is 17.5. The topological polar surface area (TPSA) is 87.7 Å². The van der Waals surface area contributed by atoms with Crippen LogP contribution >= 0.6 is 0 Å². The molecule has 0 saturated heterocycles. The molecular weight excluding hydrogens is 310 g/mol. The number of ether oxygens (including phenoxy) is 1. The molecule has 7 nitrogen and oxygen atoms in total. The number of nitrogens with one attached hydrogen (secondary N) is 2. The van der Waals surface area contributed by atoms with Crippen LogP contribution in [0.4, 0.5) is 0 Å². The summed E-state index contributed by atoms with van der Waals surface area (Å²) in [4.78, 5) is 36.9. The van der Waals surface area contributed by atoms with Crippen LogP contribution in [0, 0.1) is 0 Å². The molecule has 0 saturated carbocycles. The van der Waals surface area contributed by atoms with Gasteiger partial charge in [0.1, 0.15) is 5.70 Å². The molecule has 128 valence electrons. The van der Waals surface area contributed by atoms with Crippen LogP contribution < -0.4 is 10.9 Å². The fourth-order valence-electron chi connectivity index (χ4n) is 2.20. The Hall–Kier alpha value is -2.83. The van der Waals surface area contributed by atoms with Gasteiger partial charge in [-0.15, -0.1) is 0 Å². The third-order valence-corrected chi connectivity index (χ3v) is 3.51. The third-order valence-electron chi connectivity index (χ3n) is 3.51. The summed E-state index contributed by atoms with van der Waals surface area (Å²) in [7, 11) is 0. The Labute approximate surface area is 140 Å². The maximum atomic E-state index is 12.4. The molecule has 1 aromatic carbocycles. The zero-order valence-corrected chi connectivity index (χ0v) is 13.7. The molecule has 2 amide bonds. The van der Waals surface area contributed by atoms with Gasteiger partial charge in [0.25, 0.3) is 5.91 Å². The number of benzene rings is 1. The van der Waals surface area contributed by atoms with Gasteiger partial charge in [-0.25, -0.2) is 4.79 Å². The van der Waals surface area contributed by atoms with Crippen molar-refractivity contribution in [2.45, 2.75) is 32.9 Å². The first-order valence-electron chi connectivity index (χ1n) is 7.73. The lowest BCUT2D eigenvalue weighted by molar-refractivity contribution is -0.150. The highest BCUT2D eigenvalue weighted by atomic mass is 16.5. The Balaban J connectivity index is 1.91. The smallest absolute Gasteiger partial charge is 0.356 e. The lowest BCUT2D eigenvalue weighted by Gasteiger charge is -2.27. The van der Waals surface area contributed by atoms with Crippen LogP contribution in [0.2, 0.25) is 0 Å². The van der Waals surface area contributed by atoms with Crippen LogP contribution in [-0.2, 0) is 25.7 Å². The summed E-state index contributed by atoms with van der Waals surface area (Å²) in [5, 5.41) is 0. The monoisotopic (exact) mass is 331 g/mol. The second-order valence-corrected chi connectivity index (χ2v) is 5.67. The second-order valence-electron chi connectivity index (χ2n) is 5.67. The first kappa shape index (κ1) is 17.5. The van der Waals surface area contributed by atoms with E-state index in [-0.39, 0.29) is 36.6 Å². The van der Waals surface area contributed by atoms with Crippen LogP contribution in [-0.4, -0.2) is 35.3 Å². The van der Waals surface area contributed by atoms with Crippen molar-refractivity contribution < 1.29 is 19.1 Å². The van der Waals surface area contributed by atoms with Gasteiger partial charge < -0.3 is 9.64 Å². The van der Waals surface area contributed by atoms with E-state index >= 15 is 0 Å². The molecule has 24 heavy (non-hydrogen) atoms. The number of hydrazine groups is 1. The Morgan fingerprint density at radius 3 is 2.50 bits per heavy atom. The van der Waals surface area contributed by atoms with E-state index in [1.54, 1.807) is 4.90 Å². The van der Waals surface area contributed by atoms with Crippen LogP contribution in [0.5, 0.6) is 0 Å². The normalized spacial score (nSPS) is 13.6. The van der Waals surface area contributed by atoms with Crippen molar-refractivity contribution in [2.75, 3.05) is 6.61 Å². The molecule has 0 aliphatic carbocycles. The summed E-state index contributed by atoms with van der Waals surface area (Å²) < 4.78 is 5.04. The molecule has 0 spiro atoms. The SMILES string of the molecule is CC(C)N(Cc1ccccc1)C(=O)COC(=O)C1=CCC(=O)NN1. The minimum atomic E-state index is -0.674. The van der Waals surface area contributed by atoms with E-state index < -0.39 is 5.97 Å². The van der Waals surface area contributed by atoms with Crippen molar-refractivity contribution in [3.8, 4) is 0 Å². The molecule has 0 unspecified atom stereocenters. The quantitative estimate of drug-likeness (QED) is 0.756. The number of nitrogens with zero attached hydrogens (tertiary/aromatic N) is 1. The highest BCUT2D eigenvalue weighted by Crippen LogP contribution is 2.09. The number of hydrogen-bond acceptors (Lipinski definition) is 5. The lowest BCUT2D eigenvalue weighted by atomic mass is 10.2. The molecule has 2 rings (SSSR count). The average molecular weight is 331 g/mol. The van der Waals surface area contributed by atoms with E-state index in [1.807, 2.05) is 44.2 Å². The number of carbonyl (C=O) groups excluding carboxylic acids is 3. The molecular formula is C17H21N3O4. The van der Waals surface area contributed by atoms with E-state index in [1.165, 1.54) is 6.08 Å². The van der Waals surface area contributed by atoms with Gasteiger partial charge in [0.15, 0.2) is 6.61 Å². The minimum Gasteiger partial charge on any atom is -0.451 e. The van der Waals surface area contributed by atoms with Crippen molar-refractivity contribution in [2.24, 2.45) is 0 Å². The molecule has 0 aromatic heterocycles. The fourth-order valence-corrected chi connectivity index (χ4v) is 2.20. The minimum absolute atomic E-state index is 0.0253. The van der Waals surface area contributed by atoms with Crippen LogP contribution in [0.15, 0.2) is 42.1 Å². The van der Waals surface area contributed by atoms with Crippen molar-refractivity contribution in [1.82, 2.24) is 15.8 Å². The largest absolute Gasteiger partial charge is 0.451 e. The zero-order valence-electron chi connectivity index (χ0n) is 13.7. The average Bonchev–Trinajstić information content (AvgIpc) is 2.58. The summed E-state index contributed by atoms with van der Waals surface area (Å²) in [5.41, 5.74) is 5.90. The molecule has 0 radical (unpaired) electrons. The Morgan fingerprint density at radius 2 is 1.92 bits per heavy atom. The van der Waals surface area contributed by atoms with Gasteiger partial charge >= 0.3 is 5.97 Å². The molecule has 1 heterocycles. The van der Waals surface area contributed by atoms with Gasteiger partial charge in [0.05, 0.1) is 0 Å². The standard InChI is InChI=1S/C17H21N3O4/c1-12(2)20(10-13-6-4-3-5-7-13)16(22)11-24-17(23)14-8-9-15(21)19-18-14/h3-8,12,18H,9-11H2,1-2H3,(H,19,21). The molecule has 1 aliphatic rings. The van der Waals surface area contributed by atoms with Crippen molar-refractivity contribution >= 4 is 17.8 Å². The highest BCUT2D eigenvalue weighted by Gasteiger charge is 2.21. The van der Waals surface area contributed by atoms with Gasteiger partial charge in [-0.05, 0) is 25.5 Å².